The number of amides is 1. The van der Waals surface area contributed by atoms with E-state index < -0.39 is 5.41 Å². The molecule has 0 atom stereocenters. The fourth-order valence-corrected chi connectivity index (χ4v) is 2.70. The van der Waals surface area contributed by atoms with Gasteiger partial charge < -0.3 is 10.6 Å². The van der Waals surface area contributed by atoms with Gasteiger partial charge in [0.2, 0.25) is 5.91 Å². The second-order valence-electron chi connectivity index (χ2n) is 5.45. The van der Waals surface area contributed by atoms with Crippen LogP contribution in [0.25, 0.3) is 0 Å². The topological polar surface area (TPSA) is 41.1 Å². The predicted octanol–water partition coefficient (Wildman–Crippen LogP) is 2.79. The highest BCUT2D eigenvalue weighted by Crippen LogP contribution is 2.44. The minimum Gasteiger partial charge on any atom is -0.354 e. The van der Waals surface area contributed by atoms with Crippen molar-refractivity contribution in [3.05, 3.63) is 35.6 Å². The van der Waals surface area contributed by atoms with Gasteiger partial charge in [-0.3, -0.25) is 4.79 Å². The highest BCUT2D eigenvalue weighted by Gasteiger charge is 2.45. The summed E-state index contributed by atoms with van der Waals surface area (Å²) in [6, 6.07) is 6.45. The normalized spacial score (nSPS) is 15.7. The zero-order valence-corrected chi connectivity index (χ0v) is 13.3. The van der Waals surface area contributed by atoms with Crippen LogP contribution in [0.4, 0.5) is 4.39 Å². The average Bonchev–Trinajstić information content (AvgIpc) is 2.37. The maximum absolute atomic E-state index is 13.4. The fourth-order valence-electron chi connectivity index (χ4n) is 2.70. The van der Waals surface area contributed by atoms with Crippen molar-refractivity contribution >= 4 is 18.3 Å². The van der Waals surface area contributed by atoms with Gasteiger partial charge in [0.25, 0.3) is 0 Å². The average molecular weight is 315 g/mol. The summed E-state index contributed by atoms with van der Waals surface area (Å²) < 4.78 is 13.4. The maximum atomic E-state index is 13.4. The van der Waals surface area contributed by atoms with Crippen LogP contribution < -0.4 is 10.6 Å². The Hall–Kier alpha value is -1.13. The summed E-state index contributed by atoms with van der Waals surface area (Å²) >= 11 is 0. The van der Waals surface area contributed by atoms with Crippen LogP contribution in [-0.2, 0) is 10.2 Å². The lowest BCUT2D eigenvalue weighted by atomic mass is 9.64. The monoisotopic (exact) mass is 314 g/mol. The molecule has 0 saturated heterocycles. The fraction of sp³-hybridized carbons (Fsp3) is 0.562. The van der Waals surface area contributed by atoms with E-state index in [4.69, 9.17) is 0 Å². The molecule has 1 aromatic carbocycles. The van der Waals surface area contributed by atoms with Gasteiger partial charge in [0.15, 0.2) is 0 Å². The van der Waals surface area contributed by atoms with E-state index in [0.717, 1.165) is 44.3 Å². The number of carbonyl (C=O) groups is 1. The lowest BCUT2D eigenvalue weighted by Crippen LogP contribution is -2.50. The quantitative estimate of drug-likeness (QED) is 0.760. The van der Waals surface area contributed by atoms with Gasteiger partial charge in [0.05, 0.1) is 5.41 Å². The van der Waals surface area contributed by atoms with Crippen molar-refractivity contribution in [3.63, 3.8) is 0 Å². The first-order valence-corrected chi connectivity index (χ1v) is 7.44. The molecule has 0 bridgehead atoms. The molecule has 1 amide bonds. The van der Waals surface area contributed by atoms with Crippen molar-refractivity contribution < 1.29 is 9.18 Å². The molecule has 1 aromatic rings. The highest BCUT2D eigenvalue weighted by molar-refractivity contribution is 5.89. The van der Waals surface area contributed by atoms with Crippen LogP contribution in [0.5, 0.6) is 0 Å². The van der Waals surface area contributed by atoms with E-state index in [2.05, 4.69) is 17.6 Å². The van der Waals surface area contributed by atoms with Gasteiger partial charge in [-0.25, -0.2) is 4.39 Å². The summed E-state index contributed by atoms with van der Waals surface area (Å²) in [4.78, 5) is 12.4. The van der Waals surface area contributed by atoms with Gasteiger partial charge in [0.1, 0.15) is 5.82 Å². The molecule has 1 aliphatic rings. The molecule has 2 N–H and O–H groups in total. The zero-order chi connectivity index (χ0) is 14.4. The first-order valence-electron chi connectivity index (χ1n) is 7.44. The molecule has 21 heavy (non-hydrogen) atoms. The van der Waals surface area contributed by atoms with Gasteiger partial charge in [-0.05, 0) is 43.5 Å². The molecule has 3 nitrogen and oxygen atoms in total. The Labute approximate surface area is 132 Å². The second kappa shape index (κ2) is 8.35. The number of halogens is 2. The van der Waals surface area contributed by atoms with Crippen LogP contribution >= 0.6 is 12.4 Å². The Morgan fingerprint density at radius 1 is 1.29 bits per heavy atom. The molecule has 118 valence electrons. The summed E-state index contributed by atoms with van der Waals surface area (Å²) in [6.07, 6.45) is 3.73. The number of hydrogen-bond acceptors (Lipinski definition) is 2. The minimum atomic E-state index is -0.507. The minimum absolute atomic E-state index is 0. The Bertz CT molecular complexity index is 463. The first-order chi connectivity index (χ1) is 9.69. The van der Waals surface area contributed by atoms with E-state index in [9.17, 15) is 9.18 Å². The molecular formula is C16H24ClFN2O. The summed E-state index contributed by atoms with van der Waals surface area (Å²) in [6.45, 7) is 4.47. The first kappa shape index (κ1) is 17.9. The molecule has 1 fully saturated rings. The summed E-state index contributed by atoms with van der Waals surface area (Å²) in [5.41, 5.74) is 0.301. The molecule has 0 aromatic heterocycles. The summed E-state index contributed by atoms with van der Waals surface area (Å²) in [5, 5.41) is 6.23. The number of hydrogen-bond donors (Lipinski definition) is 2. The summed E-state index contributed by atoms with van der Waals surface area (Å²) in [7, 11) is 0. The molecule has 5 heteroatoms. The van der Waals surface area contributed by atoms with Gasteiger partial charge >= 0.3 is 0 Å². The lowest BCUT2D eigenvalue weighted by Gasteiger charge is -2.40. The van der Waals surface area contributed by atoms with E-state index in [1.807, 2.05) is 6.07 Å². The number of rotatable bonds is 7. The third-order valence-electron chi connectivity index (χ3n) is 4.03. The van der Waals surface area contributed by atoms with Gasteiger partial charge in [0, 0.05) is 13.1 Å². The molecule has 1 aliphatic carbocycles. The number of carbonyl (C=O) groups excluding carboxylic acids is 1. The van der Waals surface area contributed by atoms with E-state index in [0.29, 0.717) is 6.54 Å². The van der Waals surface area contributed by atoms with Gasteiger partial charge in [-0.2, -0.15) is 0 Å². The number of benzene rings is 1. The highest BCUT2D eigenvalue weighted by atomic mass is 35.5. The Morgan fingerprint density at radius 3 is 2.62 bits per heavy atom. The third kappa shape index (κ3) is 4.17. The van der Waals surface area contributed by atoms with Crippen LogP contribution in [0.3, 0.4) is 0 Å². The predicted molar refractivity (Wildman–Crippen MR) is 85.3 cm³/mol. The van der Waals surface area contributed by atoms with Crippen LogP contribution in [0.2, 0.25) is 0 Å². The lowest BCUT2D eigenvalue weighted by molar-refractivity contribution is -0.129. The zero-order valence-electron chi connectivity index (χ0n) is 12.5. The SMILES string of the molecule is CCCNCCNC(=O)C1(c2cccc(F)c2)CCC1.Cl. The van der Waals surface area contributed by atoms with E-state index in [-0.39, 0.29) is 24.1 Å². The standard InChI is InChI=1S/C16H23FN2O.ClH/c1-2-9-18-10-11-19-15(20)16(7-4-8-16)13-5-3-6-14(17)12-13;/h3,5-6,12,18H,2,4,7-11H2,1H3,(H,19,20);1H. The smallest absolute Gasteiger partial charge is 0.230 e. The van der Waals surface area contributed by atoms with E-state index in [1.165, 1.54) is 12.1 Å². The van der Waals surface area contributed by atoms with Crippen molar-refractivity contribution in [3.8, 4) is 0 Å². The largest absolute Gasteiger partial charge is 0.354 e. The van der Waals surface area contributed by atoms with Crippen molar-refractivity contribution in [1.82, 2.24) is 10.6 Å². The molecule has 2 rings (SSSR count). The summed E-state index contributed by atoms with van der Waals surface area (Å²) in [5.74, 6) is -0.237. The molecule has 0 spiro atoms. The van der Waals surface area contributed by atoms with Crippen molar-refractivity contribution in [2.24, 2.45) is 0 Å². The Balaban J connectivity index is 0.00000220. The van der Waals surface area contributed by atoms with Crippen LogP contribution in [0, 0.1) is 5.82 Å². The van der Waals surface area contributed by atoms with Gasteiger partial charge in [-0.15, -0.1) is 12.4 Å². The van der Waals surface area contributed by atoms with Gasteiger partial charge in [-0.1, -0.05) is 25.5 Å². The van der Waals surface area contributed by atoms with Crippen molar-refractivity contribution in [2.75, 3.05) is 19.6 Å². The molecule has 0 aliphatic heterocycles. The second-order valence-corrected chi connectivity index (χ2v) is 5.45. The Morgan fingerprint density at radius 2 is 2.05 bits per heavy atom. The molecule has 0 unspecified atom stereocenters. The van der Waals surface area contributed by atoms with E-state index in [1.54, 1.807) is 6.07 Å². The van der Waals surface area contributed by atoms with Crippen molar-refractivity contribution in [1.29, 1.82) is 0 Å². The Kier molecular flexibility index (Phi) is 7.12. The number of nitrogens with one attached hydrogen (secondary N) is 2. The van der Waals surface area contributed by atoms with Crippen LogP contribution in [-0.4, -0.2) is 25.5 Å². The van der Waals surface area contributed by atoms with Crippen molar-refractivity contribution in [2.45, 2.75) is 38.0 Å². The maximum Gasteiger partial charge on any atom is 0.230 e. The molecule has 1 saturated carbocycles. The van der Waals surface area contributed by atoms with E-state index >= 15 is 0 Å². The van der Waals surface area contributed by atoms with Crippen LogP contribution in [0.15, 0.2) is 24.3 Å². The molecular weight excluding hydrogens is 291 g/mol. The molecule has 0 heterocycles. The van der Waals surface area contributed by atoms with Crippen LogP contribution in [0.1, 0.15) is 38.2 Å². The molecule has 0 radical (unpaired) electrons. The third-order valence-corrected chi connectivity index (χ3v) is 4.03.